The van der Waals surface area contributed by atoms with Crippen LogP contribution in [0.15, 0.2) is 0 Å². The van der Waals surface area contributed by atoms with E-state index in [0.29, 0.717) is 6.61 Å². The lowest BCUT2D eigenvalue weighted by atomic mass is 10.4. The van der Waals surface area contributed by atoms with Crippen LogP contribution in [0.25, 0.3) is 0 Å². The molecule has 3 heteroatoms. The van der Waals surface area contributed by atoms with Crippen molar-refractivity contribution in [2.45, 2.75) is 19.4 Å². The zero-order valence-corrected chi connectivity index (χ0v) is 6.50. The highest BCUT2D eigenvalue weighted by Gasteiger charge is 2.35. The summed E-state index contributed by atoms with van der Waals surface area (Å²) in [5.74, 6) is 5.65. The van der Waals surface area contributed by atoms with Gasteiger partial charge in [-0.3, -0.25) is 4.84 Å². The van der Waals surface area contributed by atoms with Crippen LogP contribution >= 0.6 is 0 Å². The Morgan fingerprint density at radius 1 is 1.73 bits per heavy atom. The molecule has 1 aliphatic rings. The maximum atomic E-state index is 8.38. The Hall–Kier alpha value is -1.03. The quantitative estimate of drug-likeness (QED) is 0.334. The lowest BCUT2D eigenvalue weighted by molar-refractivity contribution is -0.0674. The number of rotatable bonds is 3. The molecular formula is C8H10N2O. The minimum Gasteiger partial charge on any atom is -0.297 e. The average Bonchev–Trinajstić information content (AvgIpc) is 2.77. The molecule has 0 aromatic carbocycles. The number of nitriles is 1. The van der Waals surface area contributed by atoms with Crippen molar-refractivity contribution in [1.82, 2.24) is 5.06 Å². The Bertz CT molecular complexity index is 220. The molecule has 0 saturated carbocycles. The molecule has 0 bridgehead atoms. The van der Waals surface area contributed by atoms with E-state index in [1.807, 2.05) is 0 Å². The van der Waals surface area contributed by atoms with E-state index in [9.17, 15) is 0 Å². The fourth-order valence-electron chi connectivity index (χ4n) is 0.710. The SMILES string of the molecule is CC#CCCON1CC1C#N. The van der Waals surface area contributed by atoms with E-state index in [4.69, 9.17) is 10.1 Å². The standard InChI is InChI=1S/C8H10N2O/c1-2-3-4-5-11-10-7-8(10)6-9/h8H,4-5,7H2,1H3. The van der Waals surface area contributed by atoms with E-state index in [0.717, 1.165) is 13.0 Å². The van der Waals surface area contributed by atoms with Crippen molar-refractivity contribution >= 4 is 0 Å². The van der Waals surface area contributed by atoms with Crippen LogP contribution in [-0.4, -0.2) is 24.3 Å². The molecule has 0 aromatic heterocycles. The minimum atomic E-state index is -0.00964. The summed E-state index contributed by atoms with van der Waals surface area (Å²) in [4.78, 5) is 5.17. The van der Waals surface area contributed by atoms with Gasteiger partial charge in [-0.2, -0.15) is 10.3 Å². The highest BCUT2D eigenvalue weighted by Crippen LogP contribution is 2.15. The van der Waals surface area contributed by atoms with Crippen molar-refractivity contribution in [3.8, 4) is 17.9 Å². The highest BCUT2D eigenvalue weighted by atomic mass is 16.7. The first-order valence-electron chi connectivity index (χ1n) is 3.57. The van der Waals surface area contributed by atoms with Crippen LogP contribution < -0.4 is 0 Å². The summed E-state index contributed by atoms with van der Waals surface area (Å²) in [5, 5.41) is 10.0. The molecule has 58 valence electrons. The Kier molecular flexibility index (Phi) is 2.92. The van der Waals surface area contributed by atoms with Crippen molar-refractivity contribution < 1.29 is 4.84 Å². The Morgan fingerprint density at radius 3 is 3.09 bits per heavy atom. The van der Waals surface area contributed by atoms with Gasteiger partial charge in [0.2, 0.25) is 0 Å². The van der Waals surface area contributed by atoms with Gasteiger partial charge >= 0.3 is 0 Å². The first kappa shape index (κ1) is 8.07. The van der Waals surface area contributed by atoms with Crippen LogP contribution in [0.2, 0.25) is 0 Å². The van der Waals surface area contributed by atoms with Gasteiger partial charge in [0.1, 0.15) is 6.04 Å². The second kappa shape index (κ2) is 3.98. The molecule has 1 heterocycles. The molecular weight excluding hydrogens is 140 g/mol. The zero-order valence-electron chi connectivity index (χ0n) is 6.50. The van der Waals surface area contributed by atoms with Gasteiger partial charge in [-0.1, -0.05) is 0 Å². The van der Waals surface area contributed by atoms with Gasteiger partial charge < -0.3 is 0 Å². The summed E-state index contributed by atoms with van der Waals surface area (Å²) in [7, 11) is 0. The Balaban J connectivity index is 1.97. The zero-order chi connectivity index (χ0) is 8.10. The average molecular weight is 150 g/mol. The summed E-state index contributed by atoms with van der Waals surface area (Å²) >= 11 is 0. The van der Waals surface area contributed by atoms with E-state index in [1.165, 1.54) is 0 Å². The van der Waals surface area contributed by atoms with Gasteiger partial charge in [0.25, 0.3) is 0 Å². The normalized spacial score (nSPS) is 26.5. The summed E-state index contributed by atoms with van der Waals surface area (Å²) in [5.41, 5.74) is 0. The summed E-state index contributed by atoms with van der Waals surface area (Å²) in [6.45, 7) is 3.14. The van der Waals surface area contributed by atoms with Gasteiger partial charge in [0.05, 0.1) is 19.2 Å². The molecule has 0 spiro atoms. The topological polar surface area (TPSA) is 36.0 Å². The van der Waals surface area contributed by atoms with Crippen LogP contribution in [0, 0.1) is 23.2 Å². The third-order valence-corrected chi connectivity index (χ3v) is 1.38. The number of hydrogen-bond acceptors (Lipinski definition) is 3. The van der Waals surface area contributed by atoms with Gasteiger partial charge in [-0.25, -0.2) is 0 Å². The molecule has 0 radical (unpaired) electrons. The van der Waals surface area contributed by atoms with E-state index in [2.05, 4.69) is 17.9 Å². The third kappa shape index (κ3) is 2.59. The largest absolute Gasteiger partial charge is 0.297 e. The second-order valence-electron chi connectivity index (χ2n) is 2.25. The molecule has 0 N–H and O–H groups in total. The fraction of sp³-hybridized carbons (Fsp3) is 0.625. The molecule has 2 unspecified atom stereocenters. The molecule has 1 saturated heterocycles. The van der Waals surface area contributed by atoms with Crippen LogP contribution in [0.5, 0.6) is 0 Å². The highest BCUT2D eigenvalue weighted by molar-refractivity contribution is 5.02. The molecule has 1 rings (SSSR count). The molecule has 2 atom stereocenters. The van der Waals surface area contributed by atoms with Gasteiger partial charge in [0.15, 0.2) is 0 Å². The first-order valence-corrected chi connectivity index (χ1v) is 3.57. The van der Waals surface area contributed by atoms with Gasteiger partial charge in [-0.05, 0) is 6.92 Å². The van der Waals surface area contributed by atoms with E-state index < -0.39 is 0 Å². The van der Waals surface area contributed by atoms with Crippen molar-refractivity contribution in [1.29, 1.82) is 5.26 Å². The first-order chi connectivity index (χ1) is 5.38. The molecule has 0 aliphatic carbocycles. The number of hydrogen-bond donors (Lipinski definition) is 0. The molecule has 11 heavy (non-hydrogen) atoms. The monoisotopic (exact) mass is 150 g/mol. The number of nitrogens with zero attached hydrogens (tertiary/aromatic N) is 2. The van der Waals surface area contributed by atoms with Crippen molar-refractivity contribution in [2.24, 2.45) is 0 Å². The number of hydroxylamine groups is 2. The second-order valence-corrected chi connectivity index (χ2v) is 2.25. The molecule has 0 aromatic rings. The van der Waals surface area contributed by atoms with Crippen molar-refractivity contribution in [3.05, 3.63) is 0 Å². The lowest BCUT2D eigenvalue weighted by Gasteiger charge is -1.97. The summed E-state index contributed by atoms with van der Waals surface area (Å²) in [6.07, 6.45) is 0.741. The fourth-order valence-corrected chi connectivity index (χ4v) is 0.710. The van der Waals surface area contributed by atoms with Crippen LogP contribution in [-0.2, 0) is 4.84 Å². The molecule has 1 fully saturated rings. The van der Waals surface area contributed by atoms with E-state index >= 15 is 0 Å². The smallest absolute Gasteiger partial charge is 0.137 e. The summed E-state index contributed by atoms with van der Waals surface area (Å²) < 4.78 is 0. The van der Waals surface area contributed by atoms with Gasteiger partial charge in [-0.15, -0.1) is 11.8 Å². The predicted molar refractivity (Wildman–Crippen MR) is 40.1 cm³/mol. The van der Waals surface area contributed by atoms with Crippen LogP contribution in [0.4, 0.5) is 0 Å². The maximum Gasteiger partial charge on any atom is 0.137 e. The van der Waals surface area contributed by atoms with Gasteiger partial charge in [0, 0.05) is 6.42 Å². The maximum absolute atomic E-state index is 8.38. The Morgan fingerprint density at radius 2 is 2.55 bits per heavy atom. The van der Waals surface area contributed by atoms with Crippen LogP contribution in [0.1, 0.15) is 13.3 Å². The van der Waals surface area contributed by atoms with E-state index in [1.54, 1.807) is 12.0 Å². The summed E-state index contributed by atoms with van der Waals surface area (Å²) in [6, 6.07) is 2.09. The Labute approximate surface area is 66.5 Å². The predicted octanol–water partition coefficient (Wildman–Crippen LogP) is 0.539. The lowest BCUT2D eigenvalue weighted by Crippen LogP contribution is -2.03. The molecule has 0 amide bonds. The van der Waals surface area contributed by atoms with Crippen molar-refractivity contribution in [3.63, 3.8) is 0 Å². The molecule has 1 aliphatic heterocycles. The molecule has 3 nitrogen and oxygen atoms in total. The van der Waals surface area contributed by atoms with Crippen LogP contribution in [0.3, 0.4) is 0 Å². The minimum absolute atomic E-state index is 0.00964. The van der Waals surface area contributed by atoms with E-state index in [-0.39, 0.29) is 6.04 Å². The third-order valence-electron chi connectivity index (χ3n) is 1.38. The van der Waals surface area contributed by atoms with Crippen molar-refractivity contribution in [2.75, 3.05) is 13.2 Å².